The Morgan fingerprint density at radius 2 is 1.67 bits per heavy atom. The van der Waals surface area contributed by atoms with Gasteiger partial charge in [0.15, 0.2) is 0 Å². The number of carbonyl (C=O) groups excluding carboxylic acids is 1. The molecular formula is C22H15IN2O2. The topological polar surface area (TPSA) is 62.1 Å². The van der Waals surface area contributed by atoms with Crippen molar-refractivity contribution >= 4 is 40.3 Å². The maximum Gasteiger partial charge on any atom is 0.266 e. The smallest absolute Gasteiger partial charge is 0.266 e. The third-order valence-corrected chi connectivity index (χ3v) is 4.29. The summed E-state index contributed by atoms with van der Waals surface area (Å²) in [7, 11) is 0. The Morgan fingerprint density at radius 1 is 0.963 bits per heavy atom. The second kappa shape index (κ2) is 9.01. The summed E-state index contributed by atoms with van der Waals surface area (Å²) in [6.07, 6.45) is 1.55. The number of halogens is 1. The molecule has 0 aliphatic carbocycles. The van der Waals surface area contributed by atoms with Crippen LogP contribution in [-0.4, -0.2) is 5.91 Å². The van der Waals surface area contributed by atoms with Crippen molar-refractivity contribution in [1.29, 1.82) is 5.26 Å². The lowest BCUT2D eigenvalue weighted by Crippen LogP contribution is -2.13. The minimum absolute atomic E-state index is 0.0330. The summed E-state index contributed by atoms with van der Waals surface area (Å²) in [5.41, 5.74) is 1.43. The van der Waals surface area contributed by atoms with Gasteiger partial charge in [-0.1, -0.05) is 36.4 Å². The number of hydrogen-bond donors (Lipinski definition) is 1. The monoisotopic (exact) mass is 466 g/mol. The molecule has 0 aromatic heterocycles. The van der Waals surface area contributed by atoms with Crippen molar-refractivity contribution in [3.63, 3.8) is 0 Å². The summed E-state index contributed by atoms with van der Waals surface area (Å²) in [6.45, 7) is 0. The Kier molecular flexibility index (Phi) is 6.23. The number of rotatable bonds is 5. The maximum atomic E-state index is 12.3. The van der Waals surface area contributed by atoms with Crippen molar-refractivity contribution < 1.29 is 9.53 Å². The van der Waals surface area contributed by atoms with Crippen LogP contribution in [0, 0.1) is 14.9 Å². The Bertz CT molecular complexity index is 1010. The standard InChI is InChI=1S/C22H15IN2O2/c23-18-5-4-6-19(14-18)25-22(26)17(15-24)13-16-9-11-21(12-10-16)27-20-7-2-1-3-8-20/h1-14H,(H,25,26)/b17-13+. The van der Waals surface area contributed by atoms with Gasteiger partial charge in [0.1, 0.15) is 23.1 Å². The Labute approximate surface area is 171 Å². The van der Waals surface area contributed by atoms with E-state index in [2.05, 4.69) is 27.9 Å². The van der Waals surface area contributed by atoms with E-state index in [0.29, 0.717) is 11.4 Å². The van der Waals surface area contributed by atoms with Crippen molar-refractivity contribution in [1.82, 2.24) is 0 Å². The maximum absolute atomic E-state index is 12.3. The summed E-state index contributed by atoms with van der Waals surface area (Å²) in [6, 6.07) is 26.0. The van der Waals surface area contributed by atoms with E-state index in [1.54, 1.807) is 36.4 Å². The van der Waals surface area contributed by atoms with Crippen molar-refractivity contribution in [3.8, 4) is 17.6 Å². The first kappa shape index (κ1) is 18.7. The van der Waals surface area contributed by atoms with Gasteiger partial charge in [-0.2, -0.15) is 5.26 Å². The SMILES string of the molecule is N#C/C(=C\c1ccc(Oc2ccccc2)cc1)C(=O)Nc1cccc(I)c1. The van der Waals surface area contributed by atoms with Gasteiger partial charge in [-0.25, -0.2) is 0 Å². The molecule has 0 bridgehead atoms. The lowest BCUT2D eigenvalue weighted by atomic mass is 10.1. The fourth-order valence-corrected chi connectivity index (χ4v) is 2.88. The average molecular weight is 466 g/mol. The highest BCUT2D eigenvalue weighted by molar-refractivity contribution is 14.1. The zero-order valence-corrected chi connectivity index (χ0v) is 16.4. The first-order chi connectivity index (χ1) is 13.1. The van der Waals surface area contributed by atoms with Crippen LogP contribution in [0.2, 0.25) is 0 Å². The molecule has 0 spiro atoms. The molecule has 0 atom stereocenters. The number of hydrogen-bond acceptors (Lipinski definition) is 3. The van der Waals surface area contributed by atoms with Crippen LogP contribution in [0.1, 0.15) is 5.56 Å². The second-order valence-corrected chi connectivity index (χ2v) is 6.86. The first-order valence-electron chi connectivity index (χ1n) is 8.16. The Morgan fingerprint density at radius 3 is 2.33 bits per heavy atom. The van der Waals surface area contributed by atoms with Gasteiger partial charge in [-0.05, 0) is 76.7 Å². The summed E-state index contributed by atoms with van der Waals surface area (Å²) < 4.78 is 6.74. The minimum Gasteiger partial charge on any atom is -0.457 e. The van der Waals surface area contributed by atoms with E-state index in [0.717, 1.165) is 14.9 Å². The predicted molar refractivity (Wildman–Crippen MR) is 114 cm³/mol. The molecule has 27 heavy (non-hydrogen) atoms. The van der Waals surface area contributed by atoms with Crippen LogP contribution in [0.15, 0.2) is 84.4 Å². The van der Waals surface area contributed by atoms with Crippen molar-refractivity contribution in [2.45, 2.75) is 0 Å². The molecule has 1 N–H and O–H groups in total. The van der Waals surface area contributed by atoms with Crippen LogP contribution in [0.3, 0.4) is 0 Å². The van der Waals surface area contributed by atoms with E-state index >= 15 is 0 Å². The fourth-order valence-electron chi connectivity index (χ4n) is 2.34. The third-order valence-electron chi connectivity index (χ3n) is 3.62. The van der Waals surface area contributed by atoms with Gasteiger partial charge in [0, 0.05) is 9.26 Å². The molecule has 0 radical (unpaired) electrons. The highest BCUT2D eigenvalue weighted by atomic mass is 127. The number of anilines is 1. The predicted octanol–water partition coefficient (Wildman–Crippen LogP) is 5.63. The van der Waals surface area contributed by atoms with Crippen molar-refractivity contribution in [2.75, 3.05) is 5.32 Å². The molecule has 1 amide bonds. The van der Waals surface area contributed by atoms with Gasteiger partial charge in [0.2, 0.25) is 0 Å². The van der Waals surface area contributed by atoms with Gasteiger partial charge in [-0.3, -0.25) is 4.79 Å². The highest BCUT2D eigenvalue weighted by Gasteiger charge is 2.10. The molecule has 4 nitrogen and oxygen atoms in total. The molecule has 3 aromatic rings. The number of benzene rings is 3. The molecular weight excluding hydrogens is 451 g/mol. The molecule has 0 unspecified atom stereocenters. The lowest BCUT2D eigenvalue weighted by Gasteiger charge is -2.06. The highest BCUT2D eigenvalue weighted by Crippen LogP contribution is 2.22. The molecule has 3 rings (SSSR count). The number of nitriles is 1. The van der Waals surface area contributed by atoms with Crippen LogP contribution >= 0.6 is 22.6 Å². The molecule has 0 heterocycles. The molecule has 132 valence electrons. The van der Waals surface area contributed by atoms with E-state index in [9.17, 15) is 10.1 Å². The minimum atomic E-state index is -0.441. The van der Waals surface area contributed by atoms with Crippen LogP contribution in [0.4, 0.5) is 5.69 Å². The second-order valence-electron chi connectivity index (χ2n) is 5.62. The number of amides is 1. The van der Waals surface area contributed by atoms with Crippen LogP contribution in [0.25, 0.3) is 6.08 Å². The summed E-state index contributed by atoms with van der Waals surface area (Å²) >= 11 is 2.17. The largest absolute Gasteiger partial charge is 0.457 e. The molecule has 0 aliphatic heterocycles. The number of carbonyl (C=O) groups is 1. The van der Waals surface area contributed by atoms with Gasteiger partial charge in [-0.15, -0.1) is 0 Å². The first-order valence-corrected chi connectivity index (χ1v) is 9.23. The van der Waals surface area contributed by atoms with Gasteiger partial charge >= 0.3 is 0 Å². The number of nitrogens with one attached hydrogen (secondary N) is 1. The summed E-state index contributed by atoms with van der Waals surface area (Å²) in [5.74, 6) is 0.986. The van der Waals surface area contributed by atoms with E-state index < -0.39 is 5.91 Å². The lowest BCUT2D eigenvalue weighted by molar-refractivity contribution is -0.112. The molecule has 0 fully saturated rings. The van der Waals surface area contributed by atoms with E-state index in [4.69, 9.17) is 4.74 Å². The van der Waals surface area contributed by atoms with Crippen LogP contribution < -0.4 is 10.1 Å². The normalized spacial score (nSPS) is 10.7. The molecule has 3 aromatic carbocycles. The Balaban J connectivity index is 1.71. The zero-order valence-electron chi connectivity index (χ0n) is 14.2. The average Bonchev–Trinajstić information content (AvgIpc) is 2.68. The summed E-state index contributed by atoms with van der Waals surface area (Å²) in [5, 5.41) is 12.1. The van der Waals surface area contributed by atoms with Crippen molar-refractivity contribution in [3.05, 3.63) is 93.6 Å². The van der Waals surface area contributed by atoms with Gasteiger partial charge in [0.05, 0.1) is 0 Å². The molecule has 0 saturated carbocycles. The van der Waals surface area contributed by atoms with Gasteiger partial charge < -0.3 is 10.1 Å². The van der Waals surface area contributed by atoms with Crippen LogP contribution in [-0.2, 0) is 4.79 Å². The zero-order chi connectivity index (χ0) is 19.1. The van der Waals surface area contributed by atoms with Crippen LogP contribution in [0.5, 0.6) is 11.5 Å². The molecule has 5 heteroatoms. The van der Waals surface area contributed by atoms with E-state index in [1.807, 2.05) is 54.6 Å². The Hall–Kier alpha value is -3.11. The molecule has 0 saturated heterocycles. The third kappa shape index (κ3) is 5.43. The van der Waals surface area contributed by atoms with E-state index in [1.165, 1.54) is 0 Å². The number of nitrogens with zero attached hydrogens (tertiary/aromatic N) is 1. The van der Waals surface area contributed by atoms with Gasteiger partial charge in [0.25, 0.3) is 5.91 Å². The van der Waals surface area contributed by atoms with E-state index in [-0.39, 0.29) is 5.57 Å². The fraction of sp³-hybridized carbons (Fsp3) is 0. The summed E-state index contributed by atoms with van der Waals surface area (Å²) in [4.78, 5) is 12.3. The van der Waals surface area contributed by atoms with Crippen molar-refractivity contribution in [2.24, 2.45) is 0 Å². The quantitative estimate of drug-likeness (QED) is 0.301. The number of para-hydroxylation sites is 1. The number of ether oxygens (including phenoxy) is 1. The molecule has 0 aliphatic rings.